The van der Waals surface area contributed by atoms with Crippen LogP contribution in [-0.4, -0.2) is 24.7 Å². The van der Waals surface area contributed by atoms with Crippen LogP contribution in [-0.2, 0) is 9.59 Å². The number of para-hydroxylation sites is 2. The molecule has 1 aliphatic carbocycles. The summed E-state index contributed by atoms with van der Waals surface area (Å²) in [4.78, 5) is 26.9. The number of anilines is 2. The second-order valence-electron chi connectivity index (χ2n) is 7.55. The van der Waals surface area contributed by atoms with Gasteiger partial charge in [0, 0.05) is 11.6 Å². The van der Waals surface area contributed by atoms with E-state index in [2.05, 4.69) is 5.32 Å². The summed E-state index contributed by atoms with van der Waals surface area (Å²) in [6.45, 7) is 0. The molecule has 1 aliphatic heterocycles. The lowest BCUT2D eigenvalue weighted by Gasteiger charge is -2.26. The van der Waals surface area contributed by atoms with Crippen molar-refractivity contribution in [2.24, 2.45) is 5.92 Å². The molecule has 2 fully saturated rings. The van der Waals surface area contributed by atoms with Crippen LogP contribution in [0.5, 0.6) is 5.75 Å². The lowest BCUT2D eigenvalue weighted by molar-refractivity contribution is -0.120. The summed E-state index contributed by atoms with van der Waals surface area (Å²) in [6.07, 6.45) is 5.49. The molecule has 1 saturated heterocycles. The van der Waals surface area contributed by atoms with Crippen LogP contribution in [0.25, 0.3) is 0 Å². The first-order valence-corrected chi connectivity index (χ1v) is 11.2. The van der Waals surface area contributed by atoms with E-state index in [-0.39, 0.29) is 23.1 Å². The predicted octanol–water partition coefficient (Wildman–Crippen LogP) is 4.99. The molecular formula is C23H26N2O3S. The molecule has 2 amide bonds. The Hall–Kier alpha value is -2.47. The zero-order chi connectivity index (χ0) is 20.2. The number of amides is 2. The Bertz CT molecular complexity index is 878. The van der Waals surface area contributed by atoms with Crippen LogP contribution in [0, 0.1) is 5.92 Å². The lowest BCUT2D eigenvalue weighted by atomic mass is 9.88. The van der Waals surface area contributed by atoms with Gasteiger partial charge in [0.1, 0.15) is 11.1 Å². The second-order valence-corrected chi connectivity index (χ2v) is 8.61. The highest BCUT2D eigenvalue weighted by Crippen LogP contribution is 2.44. The van der Waals surface area contributed by atoms with Gasteiger partial charge in [0.2, 0.25) is 11.8 Å². The summed E-state index contributed by atoms with van der Waals surface area (Å²) in [5.41, 5.74) is 2.62. The molecule has 5 nitrogen and oxygen atoms in total. The molecule has 29 heavy (non-hydrogen) atoms. The van der Waals surface area contributed by atoms with Crippen molar-refractivity contribution in [3.05, 3.63) is 54.1 Å². The lowest BCUT2D eigenvalue weighted by Crippen LogP contribution is -2.28. The maximum Gasteiger partial charge on any atom is 0.238 e. The minimum atomic E-state index is -0.109. The van der Waals surface area contributed by atoms with Gasteiger partial charge in [-0.25, -0.2) is 0 Å². The first-order valence-electron chi connectivity index (χ1n) is 10.1. The average Bonchev–Trinajstić information content (AvgIpc) is 3.16. The highest BCUT2D eigenvalue weighted by Gasteiger charge is 2.35. The molecule has 0 radical (unpaired) electrons. The van der Waals surface area contributed by atoms with Gasteiger partial charge in [-0.3, -0.25) is 14.5 Å². The molecular weight excluding hydrogens is 384 g/mol. The maximum atomic E-state index is 12.6. The van der Waals surface area contributed by atoms with Gasteiger partial charge in [-0.2, -0.15) is 0 Å². The van der Waals surface area contributed by atoms with Crippen molar-refractivity contribution in [2.45, 2.75) is 37.5 Å². The Labute approximate surface area is 175 Å². The maximum absolute atomic E-state index is 12.6. The van der Waals surface area contributed by atoms with Crippen LogP contribution in [0.1, 0.15) is 43.0 Å². The van der Waals surface area contributed by atoms with Crippen molar-refractivity contribution in [1.29, 1.82) is 0 Å². The molecule has 1 atom stereocenters. The zero-order valence-electron chi connectivity index (χ0n) is 16.6. The molecule has 0 bridgehead atoms. The molecule has 1 heterocycles. The van der Waals surface area contributed by atoms with E-state index in [0.717, 1.165) is 42.6 Å². The van der Waals surface area contributed by atoms with Crippen molar-refractivity contribution in [3.63, 3.8) is 0 Å². The Morgan fingerprint density at radius 1 is 1.07 bits per heavy atom. The molecule has 2 aromatic rings. The highest BCUT2D eigenvalue weighted by atomic mass is 32.2. The minimum absolute atomic E-state index is 0.0687. The van der Waals surface area contributed by atoms with Crippen molar-refractivity contribution >= 4 is 35.0 Å². The van der Waals surface area contributed by atoms with E-state index in [4.69, 9.17) is 4.74 Å². The number of thioether (sulfide) groups is 1. The fourth-order valence-corrected chi connectivity index (χ4v) is 5.27. The summed E-state index contributed by atoms with van der Waals surface area (Å²) in [7, 11) is 1.62. The number of nitrogens with one attached hydrogen (secondary N) is 1. The summed E-state index contributed by atoms with van der Waals surface area (Å²) in [6, 6.07) is 15.4. The Morgan fingerprint density at radius 3 is 2.52 bits per heavy atom. The molecule has 6 heteroatoms. The first kappa shape index (κ1) is 19.8. The fourth-order valence-electron chi connectivity index (χ4n) is 4.10. The molecule has 1 saturated carbocycles. The highest BCUT2D eigenvalue weighted by molar-refractivity contribution is 8.00. The molecule has 2 aliphatic rings. The van der Waals surface area contributed by atoms with Crippen LogP contribution in [0.2, 0.25) is 0 Å². The number of rotatable bonds is 5. The quantitative estimate of drug-likeness (QED) is 0.754. The number of carbonyl (C=O) groups is 2. The number of nitrogens with zero attached hydrogens (tertiary/aromatic N) is 1. The topological polar surface area (TPSA) is 58.6 Å². The number of hydrogen-bond acceptors (Lipinski definition) is 4. The standard InChI is InChI=1S/C23H26N2O3S/c1-28-20-10-6-5-9-19(20)25-21(26)15-29-23(25)17-11-13-18(14-12-17)24-22(27)16-7-3-2-4-8-16/h5-6,9-14,16,23H,2-4,7-8,15H2,1H3,(H,24,27). The van der Waals surface area contributed by atoms with Crippen LogP contribution in [0.3, 0.4) is 0 Å². The third-order valence-electron chi connectivity index (χ3n) is 5.65. The SMILES string of the molecule is COc1ccccc1N1C(=O)CSC1c1ccc(NC(=O)C2CCCCC2)cc1. The summed E-state index contributed by atoms with van der Waals surface area (Å²) in [5, 5.41) is 2.94. The van der Waals surface area contributed by atoms with Crippen molar-refractivity contribution in [2.75, 3.05) is 23.1 Å². The molecule has 1 unspecified atom stereocenters. The van der Waals surface area contributed by atoms with Crippen molar-refractivity contribution < 1.29 is 14.3 Å². The summed E-state index contributed by atoms with van der Waals surface area (Å²) < 4.78 is 5.46. The van der Waals surface area contributed by atoms with Gasteiger partial charge in [0.15, 0.2) is 0 Å². The molecule has 0 spiro atoms. The Kier molecular flexibility index (Phi) is 6.09. The number of ether oxygens (including phenoxy) is 1. The van der Waals surface area contributed by atoms with Crippen LogP contribution in [0.15, 0.2) is 48.5 Å². The molecule has 152 valence electrons. The van der Waals surface area contributed by atoms with Gasteiger partial charge < -0.3 is 10.1 Å². The number of methoxy groups -OCH3 is 1. The third kappa shape index (κ3) is 4.27. The van der Waals surface area contributed by atoms with Gasteiger partial charge in [0.25, 0.3) is 0 Å². The molecule has 2 aromatic carbocycles. The van der Waals surface area contributed by atoms with E-state index in [1.54, 1.807) is 23.8 Å². The van der Waals surface area contributed by atoms with E-state index in [1.807, 2.05) is 48.5 Å². The average molecular weight is 411 g/mol. The van der Waals surface area contributed by atoms with E-state index in [1.165, 1.54) is 6.42 Å². The third-order valence-corrected chi connectivity index (χ3v) is 6.86. The van der Waals surface area contributed by atoms with Gasteiger partial charge in [-0.1, -0.05) is 43.5 Å². The van der Waals surface area contributed by atoms with Gasteiger partial charge in [0.05, 0.1) is 18.6 Å². The van der Waals surface area contributed by atoms with E-state index in [0.29, 0.717) is 11.5 Å². The monoisotopic (exact) mass is 410 g/mol. The minimum Gasteiger partial charge on any atom is -0.495 e. The second kappa shape index (κ2) is 8.91. The first-order chi connectivity index (χ1) is 14.2. The predicted molar refractivity (Wildman–Crippen MR) is 117 cm³/mol. The number of carbonyl (C=O) groups excluding carboxylic acids is 2. The number of benzene rings is 2. The summed E-state index contributed by atoms with van der Waals surface area (Å²) >= 11 is 1.60. The molecule has 0 aromatic heterocycles. The van der Waals surface area contributed by atoms with Crippen LogP contribution in [0.4, 0.5) is 11.4 Å². The van der Waals surface area contributed by atoms with E-state index < -0.39 is 0 Å². The van der Waals surface area contributed by atoms with Crippen molar-refractivity contribution in [1.82, 2.24) is 0 Å². The Morgan fingerprint density at radius 2 is 1.79 bits per heavy atom. The van der Waals surface area contributed by atoms with E-state index in [9.17, 15) is 9.59 Å². The summed E-state index contributed by atoms with van der Waals surface area (Å²) in [5.74, 6) is 1.44. The van der Waals surface area contributed by atoms with Gasteiger partial charge in [-0.05, 0) is 42.7 Å². The normalized spacial score (nSPS) is 20.0. The Balaban J connectivity index is 1.50. The van der Waals surface area contributed by atoms with Gasteiger partial charge in [-0.15, -0.1) is 11.8 Å². The molecule has 1 N–H and O–H groups in total. The zero-order valence-corrected chi connectivity index (χ0v) is 17.4. The fraction of sp³-hybridized carbons (Fsp3) is 0.391. The van der Waals surface area contributed by atoms with Crippen molar-refractivity contribution in [3.8, 4) is 5.75 Å². The van der Waals surface area contributed by atoms with Crippen LogP contribution < -0.4 is 15.0 Å². The largest absolute Gasteiger partial charge is 0.495 e. The number of hydrogen-bond donors (Lipinski definition) is 1. The van der Waals surface area contributed by atoms with Crippen LogP contribution >= 0.6 is 11.8 Å². The van der Waals surface area contributed by atoms with Gasteiger partial charge >= 0.3 is 0 Å². The smallest absolute Gasteiger partial charge is 0.238 e. The van der Waals surface area contributed by atoms with E-state index >= 15 is 0 Å². The molecule has 4 rings (SSSR count).